The fourth-order valence-corrected chi connectivity index (χ4v) is 12.1. The van der Waals surface area contributed by atoms with Crippen LogP contribution in [0.4, 0.5) is 0 Å². The minimum Gasteiger partial charge on any atom is -0.396 e. The third kappa shape index (κ3) is 0.744. The Morgan fingerprint density at radius 3 is 1.73 bits per heavy atom. The highest BCUT2D eigenvalue weighted by Crippen LogP contribution is 2.89. The zero-order valence-electron chi connectivity index (χ0n) is 13.0. The molecule has 8 saturated carbocycles. The lowest BCUT2D eigenvalue weighted by molar-refractivity contribution is -0.0732. The van der Waals surface area contributed by atoms with Gasteiger partial charge in [-0.05, 0) is 109 Å². The van der Waals surface area contributed by atoms with Gasteiger partial charge in [-0.3, -0.25) is 0 Å². The lowest BCUT2D eigenvalue weighted by Gasteiger charge is -2.38. The number of aliphatic hydroxyl groups is 2. The van der Waals surface area contributed by atoms with Gasteiger partial charge in [-0.25, -0.2) is 0 Å². The molecule has 12 atom stereocenters. The fraction of sp³-hybridized carbons (Fsp3) is 1.00. The maximum absolute atomic E-state index is 12.0. The fourth-order valence-electron chi connectivity index (χ4n) is 12.1. The Bertz CT molecular complexity index is 569. The molecule has 8 fully saturated rings. The van der Waals surface area contributed by atoms with E-state index in [1.54, 1.807) is 0 Å². The second-order valence-corrected chi connectivity index (χ2v) is 10.6. The van der Waals surface area contributed by atoms with Crippen molar-refractivity contribution in [1.29, 1.82) is 0 Å². The van der Waals surface area contributed by atoms with Crippen LogP contribution in [-0.4, -0.2) is 22.4 Å². The van der Waals surface area contributed by atoms with Gasteiger partial charge in [0.25, 0.3) is 0 Å². The van der Waals surface area contributed by atoms with Crippen molar-refractivity contribution in [3.63, 3.8) is 0 Å². The van der Waals surface area contributed by atoms with Gasteiger partial charge in [0, 0.05) is 6.61 Å². The standard InChI is InChI=1S/C20H26O2/c21-5-8-11-6-1-3-9-13(6)17-15(11)16-12(8)7-2-4-10-14(7)18(16)19(17)20(9,10)22/h6-19,21-22H,1-5H2. The molecule has 118 valence electrons. The van der Waals surface area contributed by atoms with E-state index in [-0.39, 0.29) is 5.60 Å². The second kappa shape index (κ2) is 2.96. The molecular weight excluding hydrogens is 272 g/mol. The lowest BCUT2D eigenvalue weighted by Crippen LogP contribution is -2.44. The normalized spacial score (nSPS) is 82.6. The van der Waals surface area contributed by atoms with E-state index in [4.69, 9.17) is 0 Å². The molecule has 0 heterocycles. The molecule has 0 aliphatic heterocycles. The number of hydrogen-bond acceptors (Lipinski definition) is 2. The van der Waals surface area contributed by atoms with Crippen LogP contribution in [0, 0.1) is 82.9 Å². The van der Waals surface area contributed by atoms with E-state index in [0.29, 0.717) is 30.3 Å². The van der Waals surface area contributed by atoms with Crippen molar-refractivity contribution < 1.29 is 10.2 Å². The molecule has 0 aromatic heterocycles. The Hall–Kier alpha value is -0.0800. The Kier molecular flexibility index (Phi) is 1.55. The summed E-state index contributed by atoms with van der Waals surface area (Å²) in [5.41, 5.74) is -0.233. The van der Waals surface area contributed by atoms with E-state index in [9.17, 15) is 10.2 Å². The molecule has 0 radical (unpaired) electrons. The molecule has 22 heavy (non-hydrogen) atoms. The summed E-state index contributed by atoms with van der Waals surface area (Å²) in [6, 6.07) is 0. The molecule has 0 aromatic rings. The van der Waals surface area contributed by atoms with Crippen molar-refractivity contribution in [2.45, 2.75) is 31.3 Å². The van der Waals surface area contributed by atoms with Crippen molar-refractivity contribution in [3.05, 3.63) is 0 Å². The van der Waals surface area contributed by atoms with Gasteiger partial charge in [-0.1, -0.05) is 0 Å². The molecule has 0 aromatic carbocycles. The van der Waals surface area contributed by atoms with Crippen LogP contribution in [0.3, 0.4) is 0 Å². The van der Waals surface area contributed by atoms with Gasteiger partial charge in [0.05, 0.1) is 5.60 Å². The van der Waals surface area contributed by atoms with Crippen LogP contribution in [0.2, 0.25) is 0 Å². The molecule has 12 unspecified atom stereocenters. The molecule has 8 aliphatic carbocycles. The summed E-state index contributed by atoms with van der Waals surface area (Å²) in [4.78, 5) is 0. The minimum atomic E-state index is -0.233. The molecule has 8 aliphatic rings. The van der Waals surface area contributed by atoms with Crippen LogP contribution in [-0.2, 0) is 0 Å². The van der Waals surface area contributed by atoms with Crippen LogP contribution in [0.25, 0.3) is 0 Å². The topological polar surface area (TPSA) is 40.5 Å². The van der Waals surface area contributed by atoms with Crippen LogP contribution in [0.15, 0.2) is 0 Å². The SMILES string of the molecule is OCC1C2C3CCC4C3C3C2C2C1C1CCC5C1C2C3C45O. The Morgan fingerprint density at radius 1 is 0.682 bits per heavy atom. The van der Waals surface area contributed by atoms with Crippen molar-refractivity contribution in [3.8, 4) is 0 Å². The van der Waals surface area contributed by atoms with Gasteiger partial charge in [0.2, 0.25) is 0 Å². The lowest BCUT2D eigenvalue weighted by atomic mass is 9.71. The Balaban J connectivity index is 1.48. The predicted octanol–water partition coefficient (Wildman–Crippen LogP) is 2.01. The molecule has 8 rings (SSSR count). The molecule has 0 bridgehead atoms. The number of aliphatic hydroxyl groups excluding tert-OH is 1. The van der Waals surface area contributed by atoms with Crippen molar-refractivity contribution in [2.24, 2.45) is 82.9 Å². The van der Waals surface area contributed by atoms with E-state index in [0.717, 1.165) is 59.2 Å². The third-order valence-electron chi connectivity index (χ3n) is 11.4. The Morgan fingerprint density at radius 2 is 1.23 bits per heavy atom. The highest BCUT2D eigenvalue weighted by atomic mass is 16.3. The first-order chi connectivity index (χ1) is 10.8. The summed E-state index contributed by atoms with van der Waals surface area (Å²) in [5, 5.41) is 22.3. The molecular formula is C20H26O2. The smallest absolute Gasteiger partial charge is 0.0743 e. The zero-order chi connectivity index (χ0) is 14.1. The zero-order valence-corrected chi connectivity index (χ0v) is 13.0. The van der Waals surface area contributed by atoms with Crippen LogP contribution >= 0.6 is 0 Å². The summed E-state index contributed by atoms with van der Waals surface area (Å²) >= 11 is 0. The first-order valence-corrected chi connectivity index (χ1v) is 10.1. The van der Waals surface area contributed by atoms with E-state index in [1.165, 1.54) is 25.7 Å². The first-order valence-electron chi connectivity index (χ1n) is 10.1. The van der Waals surface area contributed by atoms with Gasteiger partial charge >= 0.3 is 0 Å². The summed E-state index contributed by atoms with van der Waals surface area (Å²) in [6.07, 6.45) is 5.39. The summed E-state index contributed by atoms with van der Waals surface area (Å²) < 4.78 is 0. The van der Waals surface area contributed by atoms with Crippen LogP contribution in [0.1, 0.15) is 25.7 Å². The highest BCUT2D eigenvalue weighted by molar-refractivity contribution is 5.36. The van der Waals surface area contributed by atoms with Crippen LogP contribution in [0.5, 0.6) is 0 Å². The predicted molar refractivity (Wildman–Crippen MR) is 79.4 cm³/mol. The molecule has 2 N–H and O–H groups in total. The summed E-state index contributed by atoms with van der Waals surface area (Å²) in [7, 11) is 0. The van der Waals surface area contributed by atoms with E-state index < -0.39 is 0 Å². The largest absolute Gasteiger partial charge is 0.396 e. The average Bonchev–Trinajstić information content (AvgIpc) is 3.25. The maximum atomic E-state index is 12.0. The molecule has 0 saturated heterocycles. The van der Waals surface area contributed by atoms with Crippen LogP contribution < -0.4 is 0 Å². The number of hydrogen-bond donors (Lipinski definition) is 2. The summed E-state index contributed by atoms with van der Waals surface area (Å²) in [6.45, 7) is 0.471. The molecule has 0 spiro atoms. The molecule has 2 heteroatoms. The monoisotopic (exact) mass is 298 g/mol. The van der Waals surface area contributed by atoms with Gasteiger partial charge in [-0.2, -0.15) is 0 Å². The molecule has 0 amide bonds. The molecule has 2 nitrogen and oxygen atoms in total. The van der Waals surface area contributed by atoms with Crippen molar-refractivity contribution >= 4 is 0 Å². The average molecular weight is 298 g/mol. The van der Waals surface area contributed by atoms with Gasteiger partial charge < -0.3 is 10.2 Å². The Labute approximate surface area is 131 Å². The highest BCUT2D eigenvalue weighted by Gasteiger charge is 2.88. The third-order valence-corrected chi connectivity index (χ3v) is 11.4. The number of fused-ring (bicyclic) bond motifs is 4. The quantitative estimate of drug-likeness (QED) is 0.777. The second-order valence-electron chi connectivity index (χ2n) is 10.6. The maximum Gasteiger partial charge on any atom is 0.0743 e. The van der Waals surface area contributed by atoms with E-state index in [2.05, 4.69) is 0 Å². The van der Waals surface area contributed by atoms with Gasteiger partial charge in [0.1, 0.15) is 0 Å². The minimum absolute atomic E-state index is 0.233. The van der Waals surface area contributed by atoms with Gasteiger partial charge in [-0.15, -0.1) is 0 Å². The summed E-state index contributed by atoms with van der Waals surface area (Å²) in [5.74, 6) is 11.5. The van der Waals surface area contributed by atoms with E-state index in [1.807, 2.05) is 0 Å². The van der Waals surface area contributed by atoms with Crippen molar-refractivity contribution in [2.75, 3.05) is 6.61 Å². The first kappa shape index (κ1) is 11.5. The van der Waals surface area contributed by atoms with E-state index >= 15 is 0 Å². The van der Waals surface area contributed by atoms with Crippen molar-refractivity contribution in [1.82, 2.24) is 0 Å². The number of rotatable bonds is 1. The van der Waals surface area contributed by atoms with Gasteiger partial charge in [0.15, 0.2) is 0 Å².